The number of hydrogen-bond donors (Lipinski definition) is 0. The van der Waals surface area contributed by atoms with Crippen LogP contribution in [0.3, 0.4) is 0 Å². The van der Waals surface area contributed by atoms with Crippen LogP contribution in [0.4, 0.5) is 0 Å². The Morgan fingerprint density at radius 3 is 2.55 bits per heavy atom. The quantitative estimate of drug-likeness (QED) is 0.624. The van der Waals surface area contributed by atoms with Crippen molar-refractivity contribution in [2.24, 2.45) is 5.92 Å². The Bertz CT molecular complexity index is 830. The lowest BCUT2D eigenvalue weighted by molar-refractivity contribution is -0.149. The molecule has 5 nitrogen and oxygen atoms in total. The summed E-state index contributed by atoms with van der Waals surface area (Å²) in [5.74, 6) is 0.0945. The van der Waals surface area contributed by atoms with Crippen molar-refractivity contribution < 1.29 is 23.8 Å². The van der Waals surface area contributed by atoms with E-state index >= 15 is 0 Å². The summed E-state index contributed by atoms with van der Waals surface area (Å²) in [5.41, 5.74) is 2.38. The minimum Gasteiger partial charge on any atom is -0.496 e. The van der Waals surface area contributed by atoms with E-state index in [9.17, 15) is 9.59 Å². The van der Waals surface area contributed by atoms with Gasteiger partial charge in [0.15, 0.2) is 0 Å². The first-order chi connectivity index (χ1) is 14.1. The minimum atomic E-state index is -0.412. The molecular weight excluding hydrogens is 368 g/mol. The molecule has 154 valence electrons. The average Bonchev–Trinajstić information content (AvgIpc) is 2.78. The van der Waals surface area contributed by atoms with Crippen LogP contribution in [0.2, 0.25) is 0 Å². The van der Waals surface area contributed by atoms with Crippen molar-refractivity contribution in [2.45, 2.75) is 45.1 Å². The van der Waals surface area contributed by atoms with Crippen LogP contribution < -0.4 is 4.74 Å². The van der Waals surface area contributed by atoms with Gasteiger partial charge >= 0.3 is 11.9 Å². The lowest BCUT2D eigenvalue weighted by atomic mass is 9.77. The number of benzene rings is 2. The van der Waals surface area contributed by atoms with Crippen molar-refractivity contribution in [2.75, 3.05) is 13.7 Å². The molecule has 1 saturated carbocycles. The summed E-state index contributed by atoms with van der Waals surface area (Å²) in [7, 11) is 1.54. The molecule has 2 aromatic carbocycles. The molecule has 0 spiro atoms. The fraction of sp³-hybridized carbons (Fsp3) is 0.417. The summed E-state index contributed by atoms with van der Waals surface area (Å²) in [6.07, 6.45) is 3.55. The van der Waals surface area contributed by atoms with Gasteiger partial charge in [0.2, 0.25) is 0 Å². The molecule has 0 heterocycles. The normalized spacial score (nSPS) is 18.7. The van der Waals surface area contributed by atoms with Crippen LogP contribution in [0, 0.1) is 5.92 Å². The molecule has 3 rings (SSSR count). The molecule has 0 saturated heterocycles. The van der Waals surface area contributed by atoms with E-state index in [0.29, 0.717) is 17.9 Å². The number of carbonyl (C=O) groups excluding carboxylic acids is 2. The number of rotatable bonds is 7. The highest BCUT2D eigenvalue weighted by molar-refractivity contribution is 5.92. The van der Waals surface area contributed by atoms with Gasteiger partial charge in [0, 0.05) is 0 Å². The van der Waals surface area contributed by atoms with Gasteiger partial charge in [0.1, 0.15) is 17.9 Å². The molecule has 0 radical (unpaired) electrons. The maximum atomic E-state index is 12.7. The summed E-state index contributed by atoms with van der Waals surface area (Å²) < 4.78 is 16.1. The largest absolute Gasteiger partial charge is 0.496 e. The Balaban J connectivity index is 1.74. The fourth-order valence-electron chi connectivity index (χ4n) is 3.91. The van der Waals surface area contributed by atoms with Crippen LogP contribution in [0.25, 0.3) is 0 Å². The van der Waals surface area contributed by atoms with Gasteiger partial charge in [0.25, 0.3) is 0 Å². The lowest BCUT2D eigenvalue weighted by Crippen LogP contribution is -2.24. The van der Waals surface area contributed by atoms with Gasteiger partial charge < -0.3 is 14.2 Å². The maximum Gasteiger partial charge on any atom is 0.342 e. The van der Waals surface area contributed by atoms with E-state index in [1.54, 1.807) is 7.11 Å². The molecule has 0 amide bonds. The van der Waals surface area contributed by atoms with Crippen LogP contribution in [-0.4, -0.2) is 25.7 Å². The van der Waals surface area contributed by atoms with E-state index in [0.717, 1.165) is 36.8 Å². The lowest BCUT2D eigenvalue weighted by Gasteiger charge is -2.28. The van der Waals surface area contributed by atoms with Crippen molar-refractivity contribution in [1.82, 2.24) is 0 Å². The number of esters is 2. The molecule has 5 heteroatoms. The molecule has 29 heavy (non-hydrogen) atoms. The Hall–Kier alpha value is -2.82. The van der Waals surface area contributed by atoms with E-state index in [2.05, 4.69) is 0 Å². The number of methoxy groups -OCH3 is 1. The monoisotopic (exact) mass is 396 g/mol. The smallest absolute Gasteiger partial charge is 0.342 e. The topological polar surface area (TPSA) is 61.8 Å². The van der Waals surface area contributed by atoms with Gasteiger partial charge in [-0.2, -0.15) is 0 Å². The van der Waals surface area contributed by atoms with E-state index in [1.165, 1.54) is 0 Å². The molecule has 0 aromatic heterocycles. The van der Waals surface area contributed by atoms with Crippen molar-refractivity contribution in [3.63, 3.8) is 0 Å². The molecule has 2 atom stereocenters. The summed E-state index contributed by atoms with van der Waals surface area (Å²) >= 11 is 0. The molecule has 2 aromatic rings. The average molecular weight is 396 g/mol. The standard InChI is InChI=1S/C24H28O5/c1-3-28-23(25)20-11-7-10-18(14-20)19-12-13-22(27-2)21(15-19)24(26)29-16-17-8-5-4-6-9-17/h4-6,8-9,12-13,15,18,20H,3,7,10-11,14,16H2,1-2H3. The van der Waals surface area contributed by atoms with E-state index < -0.39 is 5.97 Å². The van der Waals surface area contributed by atoms with Gasteiger partial charge in [-0.1, -0.05) is 42.8 Å². The molecular formula is C24H28O5. The minimum absolute atomic E-state index is 0.0794. The summed E-state index contributed by atoms with van der Waals surface area (Å²) in [4.78, 5) is 24.9. The molecule has 1 aliphatic carbocycles. The zero-order valence-electron chi connectivity index (χ0n) is 17.1. The van der Waals surface area contributed by atoms with Crippen LogP contribution in [0.15, 0.2) is 48.5 Å². The van der Waals surface area contributed by atoms with E-state index in [4.69, 9.17) is 14.2 Å². The van der Waals surface area contributed by atoms with Crippen LogP contribution >= 0.6 is 0 Å². The second-order valence-electron chi connectivity index (χ2n) is 7.33. The fourth-order valence-corrected chi connectivity index (χ4v) is 3.91. The molecule has 0 aliphatic heterocycles. The van der Waals surface area contributed by atoms with E-state index in [-0.39, 0.29) is 24.4 Å². The second kappa shape index (κ2) is 10.1. The van der Waals surface area contributed by atoms with Crippen LogP contribution in [0.5, 0.6) is 5.75 Å². The Labute approximate surface area is 172 Å². The van der Waals surface area contributed by atoms with Gasteiger partial charge in [-0.15, -0.1) is 0 Å². The summed E-state index contributed by atoms with van der Waals surface area (Å²) in [6.45, 7) is 2.44. The first-order valence-corrected chi connectivity index (χ1v) is 10.2. The first kappa shape index (κ1) is 20.9. The van der Waals surface area contributed by atoms with Crippen molar-refractivity contribution >= 4 is 11.9 Å². The van der Waals surface area contributed by atoms with Crippen molar-refractivity contribution in [1.29, 1.82) is 0 Å². The van der Waals surface area contributed by atoms with Gasteiger partial charge in [-0.05, 0) is 55.4 Å². The maximum absolute atomic E-state index is 12.7. The molecule has 0 bridgehead atoms. The zero-order valence-corrected chi connectivity index (χ0v) is 17.1. The molecule has 1 fully saturated rings. The highest BCUT2D eigenvalue weighted by Gasteiger charge is 2.30. The predicted octanol–water partition coefficient (Wildman–Crippen LogP) is 4.89. The van der Waals surface area contributed by atoms with E-state index in [1.807, 2.05) is 55.5 Å². The Morgan fingerprint density at radius 2 is 1.83 bits per heavy atom. The second-order valence-corrected chi connectivity index (χ2v) is 7.33. The zero-order chi connectivity index (χ0) is 20.6. The molecule has 2 unspecified atom stereocenters. The van der Waals surface area contributed by atoms with Crippen LogP contribution in [-0.2, 0) is 20.9 Å². The molecule has 0 N–H and O–H groups in total. The van der Waals surface area contributed by atoms with Crippen molar-refractivity contribution in [3.05, 3.63) is 65.2 Å². The SMILES string of the molecule is CCOC(=O)C1CCCC(c2ccc(OC)c(C(=O)OCc3ccccc3)c2)C1. The van der Waals surface area contributed by atoms with Gasteiger partial charge in [-0.3, -0.25) is 4.79 Å². The number of ether oxygens (including phenoxy) is 3. The summed E-state index contributed by atoms with van der Waals surface area (Å²) in [6, 6.07) is 15.2. The third-order valence-corrected chi connectivity index (χ3v) is 5.42. The van der Waals surface area contributed by atoms with Gasteiger partial charge in [-0.25, -0.2) is 4.79 Å². The third kappa shape index (κ3) is 5.37. The number of carbonyl (C=O) groups is 2. The molecule has 1 aliphatic rings. The van der Waals surface area contributed by atoms with Crippen molar-refractivity contribution in [3.8, 4) is 5.75 Å². The Morgan fingerprint density at radius 1 is 1.03 bits per heavy atom. The van der Waals surface area contributed by atoms with Crippen LogP contribution in [0.1, 0.15) is 60.0 Å². The van der Waals surface area contributed by atoms with Gasteiger partial charge in [0.05, 0.1) is 19.6 Å². The predicted molar refractivity (Wildman–Crippen MR) is 110 cm³/mol. The number of hydrogen-bond acceptors (Lipinski definition) is 5. The Kier molecular flexibility index (Phi) is 7.28. The summed E-state index contributed by atoms with van der Waals surface area (Å²) in [5, 5.41) is 0. The highest BCUT2D eigenvalue weighted by atomic mass is 16.5. The highest BCUT2D eigenvalue weighted by Crippen LogP contribution is 2.38. The first-order valence-electron chi connectivity index (χ1n) is 10.2. The third-order valence-electron chi connectivity index (χ3n) is 5.42.